The predicted octanol–water partition coefficient (Wildman–Crippen LogP) is 1.01. The minimum Gasteiger partial charge on any atom is -0.491 e. The van der Waals surface area contributed by atoms with E-state index in [4.69, 9.17) is 4.74 Å². The summed E-state index contributed by atoms with van der Waals surface area (Å²) in [5.74, 6) is 1.70. The Hall–Kier alpha value is -2.61. The molecule has 2 heterocycles. The largest absolute Gasteiger partial charge is 0.491 e. The second-order valence-electron chi connectivity index (χ2n) is 7.68. The van der Waals surface area contributed by atoms with Crippen LogP contribution in [0.2, 0.25) is 0 Å². The number of carbonyl (C=O) groups excluding carboxylic acids is 2. The van der Waals surface area contributed by atoms with Crippen LogP contribution in [0.25, 0.3) is 0 Å². The van der Waals surface area contributed by atoms with Gasteiger partial charge in [-0.25, -0.2) is 4.99 Å². The van der Waals surface area contributed by atoms with Gasteiger partial charge in [0.2, 0.25) is 11.9 Å². The molecule has 0 bridgehead atoms. The summed E-state index contributed by atoms with van der Waals surface area (Å²) in [6, 6.07) is 5.08. The van der Waals surface area contributed by atoms with Crippen molar-refractivity contribution in [2.75, 3.05) is 26.8 Å². The smallest absolute Gasteiger partial charge is 0.251 e. The summed E-state index contributed by atoms with van der Waals surface area (Å²) < 4.78 is 5.90. The molecule has 150 valence electrons. The number of nitrogens with one attached hydrogen (secondary N) is 1. The van der Waals surface area contributed by atoms with Gasteiger partial charge in [0.05, 0.1) is 13.2 Å². The number of rotatable bonds is 8. The minimum atomic E-state index is -0.602. The third-order valence-corrected chi connectivity index (χ3v) is 5.45. The van der Waals surface area contributed by atoms with Gasteiger partial charge in [-0.15, -0.1) is 0 Å². The summed E-state index contributed by atoms with van der Waals surface area (Å²) in [5.41, 5.74) is 1.64. The fraction of sp³-hybridized carbons (Fsp3) is 0.550. The number of carbonyl (C=O) groups is 2. The van der Waals surface area contributed by atoms with Crippen LogP contribution in [0.4, 0.5) is 5.69 Å². The van der Waals surface area contributed by atoms with Crippen molar-refractivity contribution in [1.82, 2.24) is 15.1 Å². The van der Waals surface area contributed by atoms with Gasteiger partial charge < -0.3 is 19.6 Å². The highest BCUT2D eigenvalue weighted by Gasteiger charge is 2.39. The summed E-state index contributed by atoms with van der Waals surface area (Å²) in [5, 5.41) is 12.2. The van der Waals surface area contributed by atoms with Gasteiger partial charge in [0, 0.05) is 32.1 Å². The lowest BCUT2D eigenvalue weighted by molar-refractivity contribution is -0.130. The summed E-state index contributed by atoms with van der Waals surface area (Å²) in [6.45, 7) is 1.53. The number of amides is 2. The molecule has 1 atom stereocenters. The standard InChI is InChI=1S/C20H26N4O4/c1-23(10-13-7-8-13)17(26)6-3-9-28-16-5-2-4-14-11-24-15(12-25)19(27)22-20(24)21-18(14)16/h2,4-5,13,15,25H,3,6-12H2,1H3,(H,21,22,27). The number of nitrogens with zero attached hydrogens (tertiary/aromatic N) is 3. The third kappa shape index (κ3) is 3.82. The molecule has 0 radical (unpaired) electrons. The van der Waals surface area contributed by atoms with Crippen molar-refractivity contribution in [2.24, 2.45) is 10.9 Å². The monoisotopic (exact) mass is 386 g/mol. The van der Waals surface area contributed by atoms with Gasteiger partial charge >= 0.3 is 0 Å². The lowest BCUT2D eigenvalue weighted by Crippen LogP contribution is -2.39. The molecular formula is C20H26N4O4. The number of guanidine groups is 1. The van der Waals surface area contributed by atoms with Crippen molar-refractivity contribution in [3.63, 3.8) is 0 Å². The van der Waals surface area contributed by atoms with E-state index in [1.807, 2.05) is 30.1 Å². The quantitative estimate of drug-likeness (QED) is 0.650. The number of benzene rings is 1. The zero-order valence-corrected chi connectivity index (χ0v) is 16.1. The Balaban J connectivity index is 1.34. The number of aliphatic hydroxyl groups is 1. The molecule has 4 rings (SSSR count). The number of aliphatic hydroxyl groups excluding tert-OH is 1. The molecule has 1 aromatic rings. The maximum absolute atomic E-state index is 12.1. The van der Waals surface area contributed by atoms with Crippen molar-refractivity contribution >= 4 is 23.5 Å². The van der Waals surface area contributed by atoms with Gasteiger partial charge in [0.25, 0.3) is 5.91 Å². The van der Waals surface area contributed by atoms with E-state index in [0.29, 0.717) is 49.3 Å². The first-order chi connectivity index (χ1) is 13.6. The van der Waals surface area contributed by atoms with Crippen molar-refractivity contribution in [3.8, 4) is 5.75 Å². The first-order valence-electron chi connectivity index (χ1n) is 9.82. The van der Waals surface area contributed by atoms with Crippen LogP contribution < -0.4 is 10.1 Å². The van der Waals surface area contributed by atoms with Crippen molar-refractivity contribution in [2.45, 2.75) is 38.3 Å². The number of hydrogen-bond acceptors (Lipinski definition) is 6. The molecule has 0 spiro atoms. The fourth-order valence-corrected chi connectivity index (χ4v) is 3.63. The highest BCUT2D eigenvalue weighted by molar-refractivity contribution is 6.08. The van der Waals surface area contributed by atoms with E-state index in [1.54, 1.807) is 4.90 Å². The Bertz CT molecular complexity index is 805. The van der Waals surface area contributed by atoms with Crippen LogP contribution in [-0.2, 0) is 16.1 Å². The third-order valence-electron chi connectivity index (χ3n) is 5.45. The van der Waals surface area contributed by atoms with E-state index in [-0.39, 0.29) is 18.4 Å². The van der Waals surface area contributed by atoms with E-state index >= 15 is 0 Å². The molecule has 1 unspecified atom stereocenters. The number of para-hydroxylation sites is 1. The molecule has 2 fully saturated rings. The zero-order valence-electron chi connectivity index (χ0n) is 16.1. The van der Waals surface area contributed by atoms with E-state index in [2.05, 4.69) is 10.3 Å². The lowest BCUT2D eigenvalue weighted by atomic mass is 10.1. The number of ether oxygens (including phenoxy) is 1. The Labute approximate surface area is 164 Å². The average Bonchev–Trinajstić information content (AvgIpc) is 3.44. The molecule has 3 aliphatic rings. The Morgan fingerprint density at radius 3 is 3.00 bits per heavy atom. The zero-order chi connectivity index (χ0) is 19.7. The molecule has 8 nitrogen and oxygen atoms in total. The van der Waals surface area contributed by atoms with Crippen LogP contribution in [-0.4, -0.2) is 65.5 Å². The molecule has 2 N–H and O–H groups in total. The van der Waals surface area contributed by atoms with Crippen LogP contribution in [0.1, 0.15) is 31.2 Å². The van der Waals surface area contributed by atoms with E-state index in [9.17, 15) is 14.7 Å². The Kier molecular flexibility index (Phi) is 5.21. The summed E-state index contributed by atoms with van der Waals surface area (Å²) in [4.78, 5) is 32.2. The SMILES string of the molecule is CN(CC1CC1)C(=O)CCCOc1cccc2c1N=C1NC(=O)C(CO)N1C2. The van der Waals surface area contributed by atoms with E-state index < -0.39 is 6.04 Å². The van der Waals surface area contributed by atoms with Gasteiger partial charge in [-0.1, -0.05) is 12.1 Å². The van der Waals surface area contributed by atoms with E-state index in [1.165, 1.54) is 12.8 Å². The number of hydrogen-bond donors (Lipinski definition) is 2. The van der Waals surface area contributed by atoms with Crippen LogP contribution in [0.5, 0.6) is 5.75 Å². The number of aliphatic imine (C=N–C) groups is 1. The summed E-state index contributed by atoms with van der Waals surface area (Å²) in [6.07, 6.45) is 3.58. The topological polar surface area (TPSA) is 94.5 Å². The van der Waals surface area contributed by atoms with E-state index in [0.717, 1.165) is 12.1 Å². The van der Waals surface area contributed by atoms with Crippen molar-refractivity contribution in [3.05, 3.63) is 23.8 Å². The van der Waals surface area contributed by atoms with Gasteiger partial charge in [-0.2, -0.15) is 0 Å². The molecule has 1 aromatic carbocycles. The van der Waals surface area contributed by atoms with Gasteiger partial charge in [-0.05, 0) is 31.2 Å². The average molecular weight is 386 g/mol. The predicted molar refractivity (Wildman–Crippen MR) is 103 cm³/mol. The Morgan fingerprint density at radius 1 is 1.43 bits per heavy atom. The summed E-state index contributed by atoms with van der Waals surface area (Å²) in [7, 11) is 1.87. The van der Waals surface area contributed by atoms with Crippen LogP contribution in [0.3, 0.4) is 0 Å². The second-order valence-corrected chi connectivity index (χ2v) is 7.68. The second kappa shape index (κ2) is 7.79. The van der Waals surface area contributed by atoms with Crippen molar-refractivity contribution in [1.29, 1.82) is 0 Å². The normalized spacial score (nSPS) is 20.2. The fourth-order valence-electron chi connectivity index (χ4n) is 3.63. The van der Waals surface area contributed by atoms with Gasteiger partial charge in [0.15, 0.2) is 0 Å². The molecular weight excluding hydrogens is 360 g/mol. The maximum Gasteiger partial charge on any atom is 0.251 e. The first kappa shape index (κ1) is 18.7. The van der Waals surface area contributed by atoms with Crippen LogP contribution >= 0.6 is 0 Å². The number of fused-ring (bicyclic) bond motifs is 2. The summed E-state index contributed by atoms with van der Waals surface area (Å²) >= 11 is 0. The molecule has 1 aliphatic carbocycles. The molecule has 2 amide bonds. The molecule has 1 saturated heterocycles. The molecule has 1 saturated carbocycles. The van der Waals surface area contributed by atoms with Crippen LogP contribution in [0, 0.1) is 5.92 Å². The highest BCUT2D eigenvalue weighted by atomic mass is 16.5. The molecule has 0 aromatic heterocycles. The van der Waals surface area contributed by atoms with Gasteiger partial charge in [-0.3, -0.25) is 14.9 Å². The first-order valence-corrected chi connectivity index (χ1v) is 9.82. The molecule has 28 heavy (non-hydrogen) atoms. The lowest BCUT2D eigenvalue weighted by Gasteiger charge is -2.27. The van der Waals surface area contributed by atoms with Gasteiger partial charge in [0.1, 0.15) is 17.5 Å². The van der Waals surface area contributed by atoms with Crippen molar-refractivity contribution < 1.29 is 19.4 Å². The molecule has 8 heteroatoms. The Morgan fingerprint density at radius 2 is 2.25 bits per heavy atom. The maximum atomic E-state index is 12.1. The molecule has 2 aliphatic heterocycles. The highest BCUT2D eigenvalue weighted by Crippen LogP contribution is 2.37. The minimum absolute atomic E-state index is 0.158. The van der Waals surface area contributed by atoms with Crippen LogP contribution in [0.15, 0.2) is 23.2 Å².